The van der Waals surface area contributed by atoms with E-state index >= 15 is 0 Å². The van der Waals surface area contributed by atoms with E-state index in [2.05, 4.69) is 17.4 Å². The van der Waals surface area contributed by atoms with Crippen molar-refractivity contribution >= 4 is 21.6 Å². The number of para-hydroxylation sites is 1. The summed E-state index contributed by atoms with van der Waals surface area (Å²) in [5, 5.41) is 3.14. The highest BCUT2D eigenvalue weighted by molar-refractivity contribution is 7.92. The number of aryl methyl sites for hydroxylation is 1. The lowest BCUT2D eigenvalue weighted by molar-refractivity contribution is 0.0933. The molecule has 0 heterocycles. The van der Waals surface area contributed by atoms with Crippen LogP contribution in [0.2, 0.25) is 0 Å². The molecular formula is C25H26N2O3S. The van der Waals surface area contributed by atoms with Crippen LogP contribution in [0.15, 0.2) is 78.9 Å². The molecular weight excluding hydrogens is 408 g/mol. The summed E-state index contributed by atoms with van der Waals surface area (Å²) in [6, 6.07) is 24.4. The van der Waals surface area contributed by atoms with Crippen molar-refractivity contribution in [2.45, 2.75) is 31.8 Å². The van der Waals surface area contributed by atoms with Gasteiger partial charge >= 0.3 is 0 Å². The van der Waals surface area contributed by atoms with Crippen LogP contribution in [0.3, 0.4) is 0 Å². The van der Waals surface area contributed by atoms with Gasteiger partial charge in [-0.1, -0.05) is 66.7 Å². The number of carbonyl (C=O) groups is 1. The number of nitrogens with one attached hydrogen (secondary N) is 1. The molecule has 6 heteroatoms. The first-order valence-electron chi connectivity index (χ1n) is 10.4. The van der Waals surface area contributed by atoms with Gasteiger partial charge in [-0.15, -0.1) is 0 Å². The number of sulfonamides is 1. The summed E-state index contributed by atoms with van der Waals surface area (Å²) in [6.07, 6.45) is 4.05. The highest BCUT2D eigenvalue weighted by Gasteiger charge is 2.26. The van der Waals surface area contributed by atoms with E-state index in [1.165, 1.54) is 16.1 Å². The fraction of sp³-hybridized carbons (Fsp3) is 0.240. The minimum Gasteiger partial charge on any atom is -0.345 e. The Morgan fingerprint density at radius 2 is 1.65 bits per heavy atom. The second-order valence-electron chi connectivity index (χ2n) is 7.89. The van der Waals surface area contributed by atoms with Gasteiger partial charge < -0.3 is 5.32 Å². The van der Waals surface area contributed by atoms with Gasteiger partial charge in [0.25, 0.3) is 5.91 Å². The number of amides is 1. The molecule has 1 atom stereocenters. The largest absolute Gasteiger partial charge is 0.345 e. The first-order valence-corrected chi connectivity index (χ1v) is 12.3. The van der Waals surface area contributed by atoms with E-state index in [9.17, 15) is 13.2 Å². The standard InChI is InChI=1S/C25H26N2O3S/c1-31(29,30)27(18-19-10-3-2-4-11-19)24-17-8-7-15-22(24)25(28)26-23-16-9-13-20-12-5-6-14-21(20)23/h2-8,10-12,14-15,17,23H,9,13,16,18H2,1H3,(H,26,28)/t23-/m0/s1. The summed E-state index contributed by atoms with van der Waals surface area (Å²) >= 11 is 0. The van der Waals surface area contributed by atoms with E-state index in [0.29, 0.717) is 11.3 Å². The fourth-order valence-corrected chi connectivity index (χ4v) is 5.05. The first kappa shape index (κ1) is 21.1. The third-order valence-electron chi connectivity index (χ3n) is 5.66. The molecule has 0 bridgehead atoms. The van der Waals surface area contributed by atoms with Crippen LogP contribution in [0.4, 0.5) is 5.69 Å². The lowest BCUT2D eigenvalue weighted by Crippen LogP contribution is -2.34. The molecule has 1 aliphatic rings. The highest BCUT2D eigenvalue weighted by atomic mass is 32.2. The van der Waals surface area contributed by atoms with Crippen molar-refractivity contribution in [1.82, 2.24) is 5.32 Å². The zero-order valence-electron chi connectivity index (χ0n) is 17.5. The first-order chi connectivity index (χ1) is 14.9. The smallest absolute Gasteiger partial charge is 0.253 e. The minimum absolute atomic E-state index is 0.0775. The molecule has 0 saturated carbocycles. The molecule has 0 unspecified atom stereocenters. The van der Waals surface area contributed by atoms with Crippen molar-refractivity contribution < 1.29 is 13.2 Å². The maximum Gasteiger partial charge on any atom is 0.253 e. The van der Waals surface area contributed by atoms with Crippen LogP contribution in [-0.2, 0) is 23.0 Å². The van der Waals surface area contributed by atoms with E-state index in [1.807, 2.05) is 42.5 Å². The zero-order chi connectivity index (χ0) is 21.8. The van der Waals surface area contributed by atoms with Gasteiger partial charge in [0.2, 0.25) is 10.0 Å². The number of nitrogens with zero attached hydrogens (tertiary/aromatic N) is 1. The molecule has 0 radical (unpaired) electrons. The Morgan fingerprint density at radius 1 is 0.968 bits per heavy atom. The molecule has 0 aliphatic heterocycles. The Morgan fingerprint density at radius 3 is 2.42 bits per heavy atom. The molecule has 3 aromatic carbocycles. The lowest BCUT2D eigenvalue weighted by Gasteiger charge is -2.28. The summed E-state index contributed by atoms with van der Waals surface area (Å²) in [5.74, 6) is -0.265. The van der Waals surface area contributed by atoms with Crippen molar-refractivity contribution in [1.29, 1.82) is 0 Å². The minimum atomic E-state index is -3.60. The number of carbonyl (C=O) groups excluding carboxylic acids is 1. The summed E-state index contributed by atoms with van der Waals surface area (Å²) in [4.78, 5) is 13.3. The van der Waals surface area contributed by atoms with E-state index in [0.717, 1.165) is 30.4 Å². The third kappa shape index (κ3) is 4.80. The number of rotatable bonds is 6. The monoisotopic (exact) mass is 434 g/mol. The van der Waals surface area contributed by atoms with E-state index in [1.54, 1.807) is 24.3 Å². The Kier molecular flexibility index (Phi) is 6.09. The summed E-state index contributed by atoms with van der Waals surface area (Å²) in [7, 11) is -3.60. The van der Waals surface area contributed by atoms with Crippen LogP contribution in [-0.4, -0.2) is 20.6 Å². The Balaban J connectivity index is 1.65. The van der Waals surface area contributed by atoms with Crippen molar-refractivity contribution in [3.63, 3.8) is 0 Å². The van der Waals surface area contributed by atoms with Gasteiger partial charge in [-0.3, -0.25) is 9.10 Å². The predicted molar refractivity (Wildman–Crippen MR) is 123 cm³/mol. The summed E-state index contributed by atoms with van der Waals surface area (Å²) < 4.78 is 26.6. The molecule has 3 aromatic rings. The predicted octanol–water partition coefficient (Wildman–Crippen LogP) is 4.46. The molecule has 5 nitrogen and oxygen atoms in total. The second-order valence-corrected chi connectivity index (χ2v) is 9.80. The Labute approximate surface area is 183 Å². The number of benzene rings is 3. The van der Waals surface area contributed by atoms with E-state index in [4.69, 9.17) is 0 Å². The fourth-order valence-electron chi connectivity index (χ4n) is 4.15. The average molecular weight is 435 g/mol. The molecule has 0 fully saturated rings. The lowest BCUT2D eigenvalue weighted by atomic mass is 9.87. The molecule has 0 saturated heterocycles. The third-order valence-corrected chi connectivity index (χ3v) is 6.79. The van der Waals surface area contributed by atoms with E-state index in [-0.39, 0.29) is 18.5 Å². The quantitative estimate of drug-likeness (QED) is 0.623. The van der Waals surface area contributed by atoms with Crippen molar-refractivity contribution in [2.24, 2.45) is 0 Å². The topological polar surface area (TPSA) is 66.5 Å². The molecule has 1 aliphatic carbocycles. The van der Waals surface area contributed by atoms with Gasteiger partial charge in [0.15, 0.2) is 0 Å². The maximum atomic E-state index is 13.3. The van der Waals surface area contributed by atoms with E-state index < -0.39 is 10.0 Å². The van der Waals surface area contributed by atoms with Crippen LogP contribution < -0.4 is 9.62 Å². The number of anilines is 1. The molecule has 4 rings (SSSR count). The highest BCUT2D eigenvalue weighted by Crippen LogP contribution is 2.31. The maximum absolute atomic E-state index is 13.3. The Hall–Kier alpha value is -3.12. The van der Waals surface area contributed by atoms with Crippen molar-refractivity contribution in [2.75, 3.05) is 10.6 Å². The number of hydrogen-bond acceptors (Lipinski definition) is 3. The van der Waals surface area contributed by atoms with Crippen LogP contribution in [0.25, 0.3) is 0 Å². The zero-order valence-corrected chi connectivity index (χ0v) is 18.3. The number of hydrogen-bond donors (Lipinski definition) is 1. The molecule has 1 amide bonds. The SMILES string of the molecule is CS(=O)(=O)N(Cc1ccccc1)c1ccccc1C(=O)N[C@H]1CCCc2ccccc21. The summed E-state index contributed by atoms with van der Waals surface area (Å²) in [5.41, 5.74) is 3.99. The van der Waals surface area contributed by atoms with Gasteiger partial charge in [-0.25, -0.2) is 8.42 Å². The normalized spacial score (nSPS) is 15.7. The molecule has 31 heavy (non-hydrogen) atoms. The van der Waals surface area contributed by atoms with Crippen molar-refractivity contribution in [3.8, 4) is 0 Å². The van der Waals surface area contributed by atoms with Crippen LogP contribution in [0.5, 0.6) is 0 Å². The Bertz CT molecular complexity index is 1180. The molecule has 0 aromatic heterocycles. The summed E-state index contributed by atoms with van der Waals surface area (Å²) in [6.45, 7) is 0.163. The van der Waals surface area contributed by atoms with Gasteiger partial charge in [0, 0.05) is 0 Å². The molecule has 160 valence electrons. The van der Waals surface area contributed by atoms with Gasteiger partial charge in [-0.05, 0) is 48.1 Å². The van der Waals surface area contributed by atoms with Crippen LogP contribution in [0, 0.1) is 0 Å². The van der Waals surface area contributed by atoms with Gasteiger partial charge in [0.1, 0.15) is 0 Å². The second kappa shape index (κ2) is 8.94. The molecule has 1 N–H and O–H groups in total. The molecule has 0 spiro atoms. The van der Waals surface area contributed by atoms with Gasteiger partial charge in [-0.2, -0.15) is 0 Å². The number of fused-ring (bicyclic) bond motifs is 1. The van der Waals surface area contributed by atoms with Crippen molar-refractivity contribution in [3.05, 3.63) is 101 Å². The van der Waals surface area contributed by atoms with Gasteiger partial charge in [0.05, 0.1) is 30.1 Å². The average Bonchev–Trinajstić information content (AvgIpc) is 2.78. The van der Waals surface area contributed by atoms with Crippen LogP contribution in [0.1, 0.15) is 45.9 Å². The van der Waals surface area contributed by atoms with Crippen LogP contribution >= 0.6 is 0 Å².